The monoisotopic (exact) mass is 187 g/mol. The summed E-state index contributed by atoms with van der Waals surface area (Å²) < 4.78 is 0. The third-order valence-corrected chi connectivity index (χ3v) is 1.79. The van der Waals surface area contributed by atoms with Crippen LogP contribution in [0.1, 0.15) is 27.2 Å². The number of likely N-dealkylation sites (tertiary alicyclic amines) is 1. The van der Waals surface area contributed by atoms with Crippen LogP contribution < -0.4 is 0 Å². The zero-order valence-electron chi connectivity index (χ0n) is 8.41. The second kappa shape index (κ2) is 5.70. The summed E-state index contributed by atoms with van der Waals surface area (Å²) in [5, 5.41) is 8.50. The summed E-state index contributed by atoms with van der Waals surface area (Å²) in [6.07, 6.45) is 0.291. The largest absolute Gasteiger partial charge is 0.395 e. The molecule has 0 aromatic heterocycles. The number of β-amino-alcohol motifs (C(OH)–C–C–N with tert-alkyl or cyclic N) is 1. The van der Waals surface area contributed by atoms with E-state index < -0.39 is 0 Å². The molecule has 0 aromatic carbocycles. The fourth-order valence-corrected chi connectivity index (χ4v) is 1.18. The SMILES string of the molecule is CC.CC1CC(=O)N(CCO)C1=O. The molecule has 1 rings (SSSR count). The van der Waals surface area contributed by atoms with Crippen LogP contribution in [-0.4, -0.2) is 35.0 Å². The van der Waals surface area contributed by atoms with Gasteiger partial charge in [0.05, 0.1) is 13.2 Å². The van der Waals surface area contributed by atoms with E-state index in [0.717, 1.165) is 4.90 Å². The lowest BCUT2D eigenvalue weighted by Gasteiger charge is -2.11. The number of hydrogen-bond donors (Lipinski definition) is 1. The van der Waals surface area contributed by atoms with Crippen molar-refractivity contribution in [2.75, 3.05) is 13.2 Å². The number of amides is 2. The molecule has 1 heterocycles. The van der Waals surface area contributed by atoms with Crippen molar-refractivity contribution in [1.82, 2.24) is 4.90 Å². The maximum atomic E-state index is 11.1. The lowest BCUT2D eigenvalue weighted by atomic mass is 10.1. The van der Waals surface area contributed by atoms with Gasteiger partial charge in [0, 0.05) is 12.3 Å². The Morgan fingerprint density at radius 2 is 2.00 bits per heavy atom. The summed E-state index contributed by atoms with van der Waals surface area (Å²) in [6, 6.07) is 0. The molecule has 0 radical (unpaired) electrons. The van der Waals surface area contributed by atoms with E-state index in [0.29, 0.717) is 6.42 Å². The first-order chi connectivity index (χ1) is 6.16. The molecule has 13 heavy (non-hydrogen) atoms. The molecule has 1 aliphatic heterocycles. The van der Waals surface area contributed by atoms with Crippen molar-refractivity contribution in [2.45, 2.75) is 27.2 Å². The molecule has 1 N–H and O–H groups in total. The predicted molar refractivity (Wildman–Crippen MR) is 48.9 cm³/mol. The van der Waals surface area contributed by atoms with Gasteiger partial charge < -0.3 is 5.11 Å². The lowest BCUT2D eigenvalue weighted by molar-refractivity contribution is -0.139. The Kier molecular flexibility index (Phi) is 5.30. The van der Waals surface area contributed by atoms with Crippen LogP contribution in [0.4, 0.5) is 0 Å². The van der Waals surface area contributed by atoms with Crippen molar-refractivity contribution in [3.63, 3.8) is 0 Å². The van der Waals surface area contributed by atoms with E-state index >= 15 is 0 Å². The van der Waals surface area contributed by atoms with Crippen LogP contribution in [0.2, 0.25) is 0 Å². The van der Waals surface area contributed by atoms with Gasteiger partial charge >= 0.3 is 0 Å². The molecule has 1 saturated heterocycles. The number of carbonyl (C=O) groups excluding carboxylic acids is 2. The summed E-state index contributed by atoms with van der Waals surface area (Å²) in [7, 11) is 0. The number of rotatable bonds is 2. The molecule has 0 spiro atoms. The van der Waals surface area contributed by atoms with Crippen molar-refractivity contribution < 1.29 is 14.7 Å². The standard InChI is InChI=1S/C7H11NO3.C2H6/c1-5-4-6(10)8(2-3-9)7(5)11;1-2/h5,9H,2-4H2,1H3;1-2H3. The van der Waals surface area contributed by atoms with Crippen LogP contribution in [0.15, 0.2) is 0 Å². The molecular formula is C9H17NO3. The highest BCUT2D eigenvalue weighted by atomic mass is 16.3. The number of imide groups is 1. The Morgan fingerprint density at radius 3 is 2.31 bits per heavy atom. The summed E-state index contributed by atoms with van der Waals surface area (Å²) in [4.78, 5) is 23.2. The van der Waals surface area contributed by atoms with Crippen molar-refractivity contribution >= 4 is 11.8 Å². The van der Waals surface area contributed by atoms with Crippen LogP contribution in [0.3, 0.4) is 0 Å². The van der Waals surface area contributed by atoms with E-state index in [1.165, 1.54) is 0 Å². The number of nitrogens with zero attached hydrogens (tertiary/aromatic N) is 1. The van der Waals surface area contributed by atoms with E-state index in [1.807, 2.05) is 13.8 Å². The maximum absolute atomic E-state index is 11.1. The minimum Gasteiger partial charge on any atom is -0.395 e. The van der Waals surface area contributed by atoms with Crippen LogP contribution >= 0.6 is 0 Å². The van der Waals surface area contributed by atoms with Gasteiger partial charge in [-0.3, -0.25) is 14.5 Å². The maximum Gasteiger partial charge on any atom is 0.232 e. The predicted octanol–water partition coefficient (Wildman–Crippen LogP) is 0.400. The van der Waals surface area contributed by atoms with Crippen molar-refractivity contribution in [3.05, 3.63) is 0 Å². The number of aliphatic hydroxyl groups excluding tert-OH is 1. The highest BCUT2D eigenvalue weighted by Gasteiger charge is 2.34. The van der Waals surface area contributed by atoms with Crippen molar-refractivity contribution in [3.8, 4) is 0 Å². The summed E-state index contributed by atoms with van der Waals surface area (Å²) in [5.74, 6) is -0.533. The minimum atomic E-state index is -0.200. The van der Waals surface area contributed by atoms with Gasteiger partial charge in [0.1, 0.15) is 0 Å². The van der Waals surface area contributed by atoms with E-state index in [2.05, 4.69) is 0 Å². The molecule has 4 nitrogen and oxygen atoms in total. The topological polar surface area (TPSA) is 57.6 Å². The Hall–Kier alpha value is -0.900. The molecule has 1 fully saturated rings. The first kappa shape index (κ1) is 12.1. The van der Waals surface area contributed by atoms with Gasteiger partial charge in [0.25, 0.3) is 0 Å². The quantitative estimate of drug-likeness (QED) is 0.637. The number of aliphatic hydroxyl groups is 1. The third kappa shape index (κ3) is 2.81. The van der Waals surface area contributed by atoms with Gasteiger partial charge in [-0.05, 0) is 0 Å². The zero-order chi connectivity index (χ0) is 10.4. The Bertz CT molecular complexity index is 191. The second-order valence-electron chi connectivity index (χ2n) is 2.71. The van der Waals surface area contributed by atoms with Crippen LogP contribution in [0.25, 0.3) is 0 Å². The molecule has 0 bridgehead atoms. The fraction of sp³-hybridized carbons (Fsp3) is 0.778. The van der Waals surface area contributed by atoms with Gasteiger partial charge in [0.2, 0.25) is 11.8 Å². The fourth-order valence-electron chi connectivity index (χ4n) is 1.18. The molecular weight excluding hydrogens is 170 g/mol. The highest BCUT2D eigenvalue weighted by molar-refractivity contribution is 6.03. The number of carbonyl (C=O) groups is 2. The van der Waals surface area contributed by atoms with Gasteiger partial charge in [-0.15, -0.1) is 0 Å². The molecule has 0 aromatic rings. The minimum absolute atomic E-state index is 0.141. The molecule has 2 amide bonds. The van der Waals surface area contributed by atoms with Crippen molar-refractivity contribution in [1.29, 1.82) is 0 Å². The summed E-state index contributed by atoms with van der Waals surface area (Å²) >= 11 is 0. The molecule has 4 heteroatoms. The second-order valence-corrected chi connectivity index (χ2v) is 2.71. The van der Waals surface area contributed by atoms with E-state index in [1.54, 1.807) is 6.92 Å². The van der Waals surface area contributed by atoms with E-state index in [9.17, 15) is 9.59 Å². The normalized spacial score (nSPS) is 21.5. The Labute approximate surface area is 78.5 Å². The van der Waals surface area contributed by atoms with E-state index in [-0.39, 0.29) is 30.9 Å². The Morgan fingerprint density at radius 1 is 1.46 bits per heavy atom. The van der Waals surface area contributed by atoms with Gasteiger partial charge in [0.15, 0.2) is 0 Å². The van der Waals surface area contributed by atoms with Crippen LogP contribution in [0.5, 0.6) is 0 Å². The van der Waals surface area contributed by atoms with Crippen molar-refractivity contribution in [2.24, 2.45) is 5.92 Å². The van der Waals surface area contributed by atoms with Gasteiger partial charge in [-0.25, -0.2) is 0 Å². The number of hydrogen-bond acceptors (Lipinski definition) is 3. The van der Waals surface area contributed by atoms with Gasteiger partial charge in [-0.2, -0.15) is 0 Å². The average molecular weight is 187 g/mol. The first-order valence-electron chi connectivity index (χ1n) is 4.62. The van der Waals surface area contributed by atoms with Crippen LogP contribution in [-0.2, 0) is 9.59 Å². The molecule has 0 saturated carbocycles. The van der Waals surface area contributed by atoms with E-state index in [4.69, 9.17) is 5.11 Å². The molecule has 1 atom stereocenters. The smallest absolute Gasteiger partial charge is 0.232 e. The van der Waals surface area contributed by atoms with Gasteiger partial charge in [-0.1, -0.05) is 20.8 Å². The zero-order valence-corrected chi connectivity index (χ0v) is 8.41. The molecule has 1 unspecified atom stereocenters. The third-order valence-electron chi connectivity index (χ3n) is 1.79. The summed E-state index contributed by atoms with van der Waals surface area (Å²) in [5.41, 5.74) is 0. The average Bonchev–Trinajstić information content (AvgIpc) is 2.36. The Balaban J connectivity index is 0.000000671. The molecule has 1 aliphatic rings. The van der Waals surface area contributed by atoms with Crippen LogP contribution in [0, 0.1) is 5.92 Å². The summed E-state index contributed by atoms with van der Waals surface area (Å²) in [6.45, 7) is 5.71. The first-order valence-corrected chi connectivity index (χ1v) is 4.62. The lowest BCUT2D eigenvalue weighted by Crippen LogP contribution is -2.32. The molecule has 0 aliphatic carbocycles. The molecule has 76 valence electrons. The highest BCUT2D eigenvalue weighted by Crippen LogP contribution is 2.17.